The fourth-order valence-electron chi connectivity index (χ4n) is 1.11. The Bertz CT molecular complexity index is 366. The van der Waals surface area contributed by atoms with Crippen LogP contribution in [-0.2, 0) is 10.1 Å². The van der Waals surface area contributed by atoms with Gasteiger partial charge in [-0.1, -0.05) is 54.9 Å². The van der Waals surface area contributed by atoms with Crippen LogP contribution >= 0.6 is 15.9 Å². The Balaban J connectivity index is 2.65. The third-order valence-electron chi connectivity index (χ3n) is 2.31. The number of benzene rings is 1. The third-order valence-corrected chi connectivity index (χ3v) is 2.92. The van der Waals surface area contributed by atoms with E-state index in [2.05, 4.69) is 15.9 Å². The Morgan fingerprint density at radius 3 is 2.50 bits per heavy atom. The summed E-state index contributed by atoms with van der Waals surface area (Å²) in [6, 6.07) is 7.72. The Morgan fingerprint density at radius 2 is 1.94 bits per heavy atom. The number of alkyl halides is 1. The number of halogens is 1. The zero-order valence-electron chi connectivity index (χ0n) is 9.92. The normalized spacial score (nSPS) is 11.2. The first-order valence-electron chi connectivity index (χ1n) is 5.25. The lowest BCUT2D eigenvalue weighted by Gasteiger charge is -2.17. The molecule has 1 rings (SSSR count). The van der Waals surface area contributed by atoms with E-state index in [9.17, 15) is 4.79 Å². The summed E-state index contributed by atoms with van der Waals surface area (Å²) < 4.78 is 5.54. The molecule has 0 atom stereocenters. The van der Waals surface area contributed by atoms with Crippen LogP contribution in [0.2, 0.25) is 0 Å². The van der Waals surface area contributed by atoms with Gasteiger partial charge in [-0.05, 0) is 6.07 Å². The molecule has 2 nitrogen and oxygen atoms in total. The first kappa shape index (κ1) is 13.2. The van der Waals surface area contributed by atoms with E-state index in [0.717, 1.165) is 16.6 Å². The average Bonchev–Trinajstić information content (AvgIpc) is 2.24. The smallest absolute Gasteiger partial charge is 0.175 e. The number of para-hydroxylation sites is 1. The monoisotopic (exact) mass is 284 g/mol. The van der Waals surface area contributed by atoms with Crippen LogP contribution in [0.25, 0.3) is 0 Å². The second-order valence-corrected chi connectivity index (χ2v) is 5.26. The molecule has 0 bridgehead atoms. The van der Waals surface area contributed by atoms with Crippen molar-refractivity contribution in [3.05, 3.63) is 29.8 Å². The Kier molecular flexibility index (Phi) is 4.54. The molecular weight excluding hydrogens is 268 g/mol. The van der Waals surface area contributed by atoms with Crippen LogP contribution in [0.1, 0.15) is 26.3 Å². The quantitative estimate of drug-likeness (QED) is 0.790. The zero-order valence-corrected chi connectivity index (χ0v) is 11.5. The van der Waals surface area contributed by atoms with E-state index in [4.69, 9.17) is 4.74 Å². The van der Waals surface area contributed by atoms with E-state index in [-0.39, 0.29) is 17.8 Å². The van der Waals surface area contributed by atoms with Gasteiger partial charge in [0.25, 0.3) is 0 Å². The van der Waals surface area contributed by atoms with Gasteiger partial charge in [0.05, 0.1) is 0 Å². The van der Waals surface area contributed by atoms with Crippen molar-refractivity contribution in [2.24, 2.45) is 5.41 Å². The van der Waals surface area contributed by atoms with Crippen molar-refractivity contribution >= 4 is 21.7 Å². The topological polar surface area (TPSA) is 26.3 Å². The molecular formula is C13H17BrO2. The van der Waals surface area contributed by atoms with Gasteiger partial charge in [0, 0.05) is 16.3 Å². The van der Waals surface area contributed by atoms with Crippen LogP contribution in [0, 0.1) is 5.41 Å². The molecule has 0 N–H and O–H groups in total. The highest BCUT2D eigenvalue weighted by molar-refractivity contribution is 9.08. The van der Waals surface area contributed by atoms with Gasteiger partial charge in [0.2, 0.25) is 0 Å². The minimum atomic E-state index is -0.344. The Labute approximate surface area is 105 Å². The summed E-state index contributed by atoms with van der Waals surface area (Å²) in [6.07, 6.45) is 0. The molecule has 0 spiro atoms. The van der Waals surface area contributed by atoms with Crippen LogP contribution in [0.15, 0.2) is 24.3 Å². The van der Waals surface area contributed by atoms with E-state index < -0.39 is 0 Å². The Morgan fingerprint density at radius 1 is 1.31 bits per heavy atom. The lowest BCUT2D eigenvalue weighted by molar-refractivity contribution is -0.128. The predicted molar refractivity (Wildman–Crippen MR) is 69.0 cm³/mol. The molecule has 88 valence electrons. The molecule has 1 aromatic rings. The van der Waals surface area contributed by atoms with Crippen LogP contribution in [0.3, 0.4) is 0 Å². The maximum absolute atomic E-state index is 11.7. The molecule has 0 saturated heterocycles. The van der Waals surface area contributed by atoms with Gasteiger partial charge in [-0.25, -0.2) is 0 Å². The van der Waals surface area contributed by atoms with E-state index >= 15 is 0 Å². The molecule has 3 heteroatoms. The molecule has 0 heterocycles. The number of rotatable bonds is 4. The second-order valence-electron chi connectivity index (χ2n) is 4.70. The molecule has 0 aliphatic heterocycles. The zero-order chi connectivity index (χ0) is 12.2. The van der Waals surface area contributed by atoms with E-state index in [1.807, 2.05) is 45.0 Å². The van der Waals surface area contributed by atoms with Crippen LogP contribution in [0.5, 0.6) is 5.75 Å². The number of carbonyl (C=O) groups excluding carboxylic acids is 1. The minimum Gasteiger partial charge on any atom is -0.486 e. The van der Waals surface area contributed by atoms with Gasteiger partial charge in [-0.2, -0.15) is 0 Å². The summed E-state index contributed by atoms with van der Waals surface area (Å²) >= 11 is 3.39. The lowest BCUT2D eigenvalue weighted by Crippen LogP contribution is -2.26. The molecule has 0 radical (unpaired) electrons. The fraction of sp³-hybridized carbons (Fsp3) is 0.462. The summed E-state index contributed by atoms with van der Waals surface area (Å²) in [6.45, 7) is 5.83. The number of Topliss-reactive ketones (excluding diaryl/α,β-unsaturated/α-hetero) is 1. The molecule has 0 aromatic heterocycles. The highest BCUT2D eigenvalue weighted by Gasteiger charge is 2.21. The first-order chi connectivity index (χ1) is 7.45. The lowest BCUT2D eigenvalue weighted by atomic mass is 9.91. The van der Waals surface area contributed by atoms with Gasteiger partial charge in [0.15, 0.2) is 5.78 Å². The summed E-state index contributed by atoms with van der Waals surface area (Å²) in [5.41, 5.74) is 0.716. The Hall–Kier alpha value is -0.830. The highest BCUT2D eigenvalue weighted by Crippen LogP contribution is 2.22. The van der Waals surface area contributed by atoms with Gasteiger partial charge in [-0.3, -0.25) is 4.79 Å². The SMILES string of the molecule is CC(C)(C)C(=O)COc1ccccc1CBr. The minimum absolute atomic E-state index is 0.108. The fourth-order valence-corrected chi connectivity index (χ4v) is 1.58. The van der Waals surface area contributed by atoms with Crippen molar-refractivity contribution in [1.29, 1.82) is 0 Å². The van der Waals surface area contributed by atoms with Crippen LogP contribution in [0.4, 0.5) is 0 Å². The maximum atomic E-state index is 11.7. The van der Waals surface area contributed by atoms with Gasteiger partial charge < -0.3 is 4.74 Å². The molecule has 0 fully saturated rings. The van der Waals surface area contributed by atoms with Crippen molar-refractivity contribution in [2.45, 2.75) is 26.1 Å². The molecule has 0 unspecified atom stereocenters. The molecule has 1 aromatic carbocycles. The summed E-state index contributed by atoms with van der Waals surface area (Å²) in [4.78, 5) is 11.7. The molecule has 0 aliphatic rings. The van der Waals surface area contributed by atoms with Crippen molar-refractivity contribution in [3.8, 4) is 5.75 Å². The van der Waals surface area contributed by atoms with Gasteiger partial charge in [0.1, 0.15) is 12.4 Å². The van der Waals surface area contributed by atoms with E-state index in [1.54, 1.807) is 0 Å². The molecule has 0 amide bonds. The van der Waals surface area contributed by atoms with Crippen molar-refractivity contribution in [3.63, 3.8) is 0 Å². The van der Waals surface area contributed by atoms with Crippen LogP contribution < -0.4 is 4.74 Å². The van der Waals surface area contributed by atoms with Crippen molar-refractivity contribution < 1.29 is 9.53 Å². The maximum Gasteiger partial charge on any atom is 0.175 e. The predicted octanol–water partition coefficient (Wildman–Crippen LogP) is 3.58. The average molecular weight is 285 g/mol. The van der Waals surface area contributed by atoms with Crippen LogP contribution in [-0.4, -0.2) is 12.4 Å². The van der Waals surface area contributed by atoms with E-state index in [1.165, 1.54) is 0 Å². The number of carbonyl (C=O) groups is 1. The summed E-state index contributed by atoms with van der Waals surface area (Å²) in [5.74, 6) is 0.883. The number of ether oxygens (including phenoxy) is 1. The van der Waals surface area contributed by atoms with E-state index in [0.29, 0.717) is 0 Å². The standard InChI is InChI=1S/C13H17BrO2/c1-13(2,3)12(15)9-16-11-7-5-4-6-10(11)8-14/h4-7H,8-9H2,1-3H3. The molecule has 0 aliphatic carbocycles. The van der Waals surface area contributed by atoms with Crippen molar-refractivity contribution in [2.75, 3.05) is 6.61 Å². The number of ketones is 1. The van der Waals surface area contributed by atoms with Crippen molar-refractivity contribution in [1.82, 2.24) is 0 Å². The second kappa shape index (κ2) is 5.48. The number of hydrogen-bond donors (Lipinski definition) is 0. The third kappa shape index (κ3) is 3.63. The van der Waals surface area contributed by atoms with Gasteiger partial charge in [-0.15, -0.1) is 0 Å². The number of hydrogen-bond acceptors (Lipinski definition) is 2. The summed E-state index contributed by atoms with van der Waals surface area (Å²) in [5, 5.41) is 0.729. The van der Waals surface area contributed by atoms with Gasteiger partial charge >= 0.3 is 0 Å². The molecule has 16 heavy (non-hydrogen) atoms. The largest absolute Gasteiger partial charge is 0.486 e. The first-order valence-corrected chi connectivity index (χ1v) is 6.37. The summed E-state index contributed by atoms with van der Waals surface area (Å²) in [7, 11) is 0. The highest BCUT2D eigenvalue weighted by atomic mass is 79.9. The molecule has 0 saturated carbocycles.